The minimum Gasteiger partial charge on any atom is -0.494 e. The molecule has 1 saturated carbocycles. The Morgan fingerprint density at radius 1 is 1.32 bits per heavy atom. The first-order chi connectivity index (χ1) is 13.4. The van der Waals surface area contributed by atoms with Crippen LogP contribution in [0, 0.1) is 15.9 Å². The third-order valence-corrected chi connectivity index (χ3v) is 5.03. The van der Waals surface area contributed by atoms with Crippen LogP contribution < -0.4 is 15.0 Å². The van der Waals surface area contributed by atoms with Crippen LogP contribution in [0.15, 0.2) is 42.5 Å². The Bertz CT molecular complexity index is 868. The summed E-state index contributed by atoms with van der Waals surface area (Å²) in [5.41, 5.74) is 1.25. The summed E-state index contributed by atoms with van der Waals surface area (Å²) in [6.07, 6.45) is 2.10. The number of benzene rings is 2. The van der Waals surface area contributed by atoms with Crippen LogP contribution in [0.3, 0.4) is 0 Å². The summed E-state index contributed by atoms with van der Waals surface area (Å²) >= 11 is 0. The van der Waals surface area contributed by atoms with Crippen molar-refractivity contribution in [1.82, 2.24) is 0 Å². The van der Waals surface area contributed by atoms with Crippen LogP contribution in [0.1, 0.15) is 25.3 Å². The van der Waals surface area contributed by atoms with Gasteiger partial charge in [0.05, 0.1) is 29.8 Å². The summed E-state index contributed by atoms with van der Waals surface area (Å²) in [5, 5.41) is 13.7. The maximum Gasteiger partial charge on any atom is 0.282 e. The lowest BCUT2D eigenvalue weighted by atomic mass is 10.1. The second-order valence-electron chi connectivity index (χ2n) is 7.01. The first kappa shape index (κ1) is 19.8. The van der Waals surface area contributed by atoms with Crippen LogP contribution in [0.2, 0.25) is 0 Å². The van der Waals surface area contributed by atoms with Gasteiger partial charge in [0, 0.05) is 24.5 Å². The zero-order valence-corrected chi connectivity index (χ0v) is 15.8. The molecule has 1 amide bonds. The monoisotopic (exact) mass is 388 g/mol. The molecule has 1 fully saturated rings. The van der Waals surface area contributed by atoms with Gasteiger partial charge in [0.2, 0.25) is 0 Å². The highest BCUT2D eigenvalue weighted by Gasteiger charge is 2.39. The largest absolute Gasteiger partial charge is 0.494 e. The van der Waals surface area contributed by atoms with E-state index in [-0.39, 0.29) is 29.2 Å². The van der Waals surface area contributed by atoms with Crippen LogP contribution in [0.25, 0.3) is 0 Å². The van der Waals surface area contributed by atoms with Crippen molar-refractivity contribution in [1.29, 1.82) is 0 Å². The molecule has 148 valence electrons. The maximum absolute atomic E-state index is 13.1. The summed E-state index contributed by atoms with van der Waals surface area (Å²) in [4.78, 5) is 24.3. The highest BCUT2D eigenvalue weighted by Crippen LogP contribution is 2.29. The molecule has 2 N–H and O–H groups in total. The van der Waals surface area contributed by atoms with Crippen LogP contribution in [-0.4, -0.2) is 30.0 Å². The molecule has 8 heteroatoms. The van der Waals surface area contributed by atoms with Gasteiger partial charge in [-0.15, -0.1) is 0 Å². The van der Waals surface area contributed by atoms with E-state index in [1.54, 1.807) is 12.1 Å². The number of amides is 1. The normalized spacial score (nSPS) is 15.5. The van der Waals surface area contributed by atoms with Crippen LogP contribution in [0.4, 0.5) is 15.8 Å². The van der Waals surface area contributed by atoms with Crippen molar-refractivity contribution in [3.8, 4) is 5.75 Å². The molecule has 2 aromatic rings. The van der Waals surface area contributed by atoms with E-state index >= 15 is 0 Å². The number of non-ortho nitro benzene ring substituents is 1. The molecule has 0 heterocycles. The van der Waals surface area contributed by atoms with Crippen molar-refractivity contribution in [2.75, 3.05) is 12.4 Å². The summed E-state index contributed by atoms with van der Waals surface area (Å²) in [5.74, 6) is -0.245. The van der Waals surface area contributed by atoms with Crippen molar-refractivity contribution in [3.63, 3.8) is 0 Å². The molecule has 0 radical (unpaired) electrons. The minimum atomic E-state index is -0.515. The molecular formula is C20H23FN3O4+. The van der Waals surface area contributed by atoms with Crippen molar-refractivity contribution in [3.05, 3.63) is 64.0 Å². The fourth-order valence-electron chi connectivity index (χ4n) is 3.25. The van der Waals surface area contributed by atoms with Crippen LogP contribution >= 0.6 is 0 Å². The minimum absolute atomic E-state index is 0.107. The van der Waals surface area contributed by atoms with Gasteiger partial charge in [-0.2, -0.15) is 0 Å². The Morgan fingerprint density at radius 2 is 2.00 bits per heavy atom. The SMILES string of the molecule is COc1cc([N+](=O)[O-])ccc1NC(=O)[C@@H](C)[NH+](Cc1ccc(F)cc1)C1CC1. The average Bonchev–Trinajstić information content (AvgIpc) is 3.52. The molecule has 0 spiro atoms. The van der Waals surface area contributed by atoms with Crippen molar-refractivity contribution in [2.45, 2.75) is 38.4 Å². The summed E-state index contributed by atoms with van der Waals surface area (Å²) in [6.45, 7) is 2.47. The number of hydrogen-bond acceptors (Lipinski definition) is 4. The number of ether oxygens (including phenoxy) is 1. The zero-order valence-electron chi connectivity index (χ0n) is 15.8. The van der Waals surface area contributed by atoms with Crippen LogP contribution in [0.5, 0.6) is 5.75 Å². The molecule has 0 aliphatic heterocycles. The molecule has 1 unspecified atom stereocenters. The average molecular weight is 388 g/mol. The molecule has 0 bridgehead atoms. The summed E-state index contributed by atoms with van der Waals surface area (Å²) in [6, 6.07) is 10.4. The van der Waals surface area contributed by atoms with Gasteiger partial charge in [-0.25, -0.2) is 4.39 Å². The summed E-state index contributed by atoms with van der Waals surface area (Å²) in [7, 11) is 1.40. The van der Waals surface area contributed by atoms with Gasteiger partial charge < -0.3 is 15.0 Å². The third-order valence-electron chi connectivity index (χ3n) is 5.03. The van der Waals surface area contributed by atoms with E-state index in [4.69, 9.17) is 4.74 Å². The molecule has 3 rings (SSSR count). The molecule has 2 atom stereocenters. The van der Waals surface area contributed by atoms with E-state index in [2.05, 4.69) is 5.32 Å². The molecule has 1 aliphatic rings. The quantitative estimate of drug-likeness (QED) is 0.537. The molecule has 0 saturated heterocycles. The predicted molar refractivity (Wildman–Crippen MR) is 102 cm³/mol. The van der Waals surface area contributed by atoms with E-state index in [0.717, 1.165) is 23.3 Å². The van der Waals surface area contributed by atoms with Gasteiger partial charge in [-0.3, -0.25) is 14.9 Å². The fraction of sp³-hybridized carbons (Fsp3) is 0.350. The van der Waals surface area contributed by atoms with Gasteiger partial charge in [-0.05, 0) is 25.1 Å². The van der Waals surface area contributed by atoms with Gasteiger partial charge in [0.15, 0.2) is 6.04 Å². The Morgan fingerprint density at radius 3 is 2.57 bits per heavy atom. The number of nitro benzene ring substituents is 1. The lowest BCUT2D eigenvalue weighted by Gasteiger charge is -2.25. The van der Waals surface area contributed by atoms with Crippen molar-refractivity contribution in [2.24, 2.45) is 0 Å². The third kappa shape index (κ3) is 4.64. The maximum atomic E-state index is 13.1. The number of nitrogens with one attached hydrogen (secondary N) is 2. The number of halogens is 1. The first-order valence-corrected chi connectivity index (χ1v) is 9.12. The summed E-state index contributed by atoms with van der Waals surface area (Å²) < 4.78 is 18.3. The van der Waals surface area contributed by atoms with Gasteiger partial charge in [0.1, 0.15) is 18.1 Å². The molecular weight excluding hydrogens is 365 g/mol. The second-order valence-corrected chi connectivity index (χ2v) is 7.01. The Hall–Kier alpha value is -3.00. The number of rotatable bonds is 8. The van der Waals surface area contributed by atoms with E-state index < -0.39 is 4.92 Å². The molecule has 2 aromatic carbocycles. The van der Waals surface area contributed by atoms with Crippen molar-refractivity contribution < 1.29 is 23.7 Å². The number of carbonyl (C=O) groups excluding carboxylic acids is 1. The number of methoxy groups -OCH3 is 1. The molecule has 7 nitrogen and oxygen atoms in total. The number of hydrogen-bond donors (Lipinski definition) is 2. The highest BCUT2D eigenvalue weighted by atomic mass is 19.1. The number of anilines is 1. The van der Waals surface area contributed by atoms with Gasteiger partial charge in [0.25, 0.3) is 11.6 Å². The number of nitro groups is 1. The standard InChI is InChI=1S/C20H22FN3O4/c1-13(23(16-7-8-16)12-14-3-5-15(21)6-4-14)20(25)22-18-10-9-17(24(26)27)11-19(18)28-2/h3-6,9-11,13,16H,7-8,12H2,1-2H3,(H,22,25)/p+1/t13-/m1/s1. The van der Waals surface area contributed by atoms with E-state index in [9.17, 15) is 19.3 Å². The Balaban J connectivity index is 1.73. The smallest absolute Gasteiger partial charge is 0.282 e. The topological polar surface area (TPSA) is 85.9 Å². The lowest BCUT2D eigenvalue weighted by molar-refractivity contribution is -0.938. The second kappa shape index (κ2) is 8.35. The van der Waals surface area contributed by atoms with Crippen molar-refractivity contribution >= 4 is 17.3 Å². The fourth-order valence-corrected chi connectivity index (χ4v) is 3.25. The van der Waals surface area contributed by atoms with E-state index in [1.807, 2.05) is 6.92 Å². The zero-order chi connectivity index (χ0) is 20.3. The number of carbonyl (C=O) groups is 1. The Labute approximate surface area is 162 Å². The van der Waals surface area contributed by atoms with Gasteiger partial charge >= 0.3 is 0 Å². The van der Waals surface area contributed by atoms with Gasteiger partial charge in [-0.1, -0.05) is 12.1 Å². The predicted octanol–water partition coefficient (Wildman–Crippen LogP) is 2.32. The molecule has 28 heavy (non-hydrogen) atoms. The van der Waals surface area contributed by atoms with E-state index in [0.29, 0.717) is 18.3 Å². The number of quaternary nitrogens is 1. The lowest BCUT2D eigenvalue weighted by Crippen LogP contribution is -3.16. The first-order valence-electron chi connectivity index (χ1n) is 9.12. The number of nitrogens with zero attached hydrogens (tertiary/aromatic N) is 1. The van der Waals surface area contributed by atoms with E-state index in [1.165, 1.54) is 37.4 Å². The molecule has 0 aromatic heterocycles. The highest BCUT2D eigenvalue weighted by molar-refractivity contribution is 5.95. The molecule has 1 aliphatic carbocycles. The van der Waals surface area contributed by atoms with Crippen LogP contribution in [-0.2, 0) is 11.3 Å². The Kier molecular flexibility index (Phi) is 5.89.